The average molecular weight is 238 g/mol. The standard InChI is InChI=1S/C11H14N2O2S/c1-7(11(14)15)16-10-8-4-2-3-5-9(8)12-6-13-10/h6-7H,2-5H2,1H3,(H,14,15). The molecule has 0 radical (unpaired) electrons. The van der Waals surface area contributed by atoms with Gasteiger partial charge in [-0.15, -0.1) is 0 Å². The van der Waals surface area contributed by atoms with Crippen molar-refractivity contribution in [2.45, 2.75) is 42.9 Å². The van der Waals surface area contributed by atoms with E-state index in [9.17, 15) is 4.79 Å². The molecule has 2 rings (SSSR count). The largest absolute Gasteiger partial charge is 0.480 e. The number of carboxylic acids is 1. The molecule has 1 N–H and O–H groups in total. The molecule has 16 heavy (non-hydrogen) atoms. The molecule has 1 aromatic rings. The predicted molar refractivity (Wildman–Crippen MR) is 61.6 cm³/mol. The first-order chi connectivity index (χ1) is 7.68. The number of hydrogen-bond acceptors (Lipinski definition) is 4. The minimum atomic E-state index is -0.798. The Labute approximate surface area is 98.5 Å². The van der Waals surface area contributed by atoms with Crippen molar-refractivity contribution in [3.05, 3.63) is 17.6 Å². The first-order valence-corrected chi connectivity index (χ1v) is 6.28. The van der Waals surface area contributed by atoms with Crippen LogP contribution in [0.5, 0.6) is 0 Å². The van der Waals surface area contributed by atoms with Crippen LogP contribution in [0, 0.1) is 0 Å². The zero-order valence-corrected chi connectivity index (χ0v) is 9.96. The second-order valence-corrected chi connectivity index (χ2v) is 5.24. The number of carbonyl (C=O) groups is 1. The van der Waals surface area contributed by atoms with Gasteiger partial charge >= 0.3 is 5.97 Å². The quantitative estimate of drug-likeness (QED) is 0.644. The van der Waals surface area contributed by atoms with Gasteiger partial charge in [0.15, 0.2) is 0 Å². The van der Waals surface area contributed by atoms with Gasteiger partial charge in [-0.1, -0.05) is 11.8 Å². The van der Waals surface area contributed by atoms with Gasteiger partial charge in [0.2, 0.25) is 0 Å². The van der Waals surface area contributed by atoms with Crippen molar-refractivity contribution in [3.8, 4) is 0 Å². The molecule has 4 nitrogen and oxygen atoms in total. The Bertz CT molecular complexity index is 409. The zero-order chi connectivity index (χ0) is 11.5. The normalized spacial score (nSPS) is 16.6. The summed E-state index contributed by atoms with van der Waals surface area (Å²) in [5.74, 6) is -0.798. The molecule has 1 aliphatic carbocycles. The van der Waals surface area contributed by atoms with Crippen molar-refractivity contribution in [3.63, 3.8) is 0 Å². The molecule has 86 valence electrons. The third kappa shape index (κ3) is 2.35. The van der Waals surface area contributed by atoms with Gasteiger partial charge in [-0.05, 0) is 32.6 Å². The summed E-state index contributed by atoms with van der Waals surface area (Å²) >= 11 is 1.32. The van der Waals surface area contributed by atoms with Crippen molar-refractivity contribution < 1.29 is 9.90 Å². The second kappa shape index (κ2) is 4.82. The monoisotopic (exact) mass is 238 g/mol. The summed E-state index contributed by atoms with van der Waals surface area (Å²) in [4.78, 5) is 19.3. The highest BCUT2D eigenvalue weighted by molar-refractivity contribution is 8.00. The molecule has 0 fully saturated rings. The van der Waals surface area contributed by atoms with Gasteiger partial charge in [0.25, 0.3) is 0 Å². The van der Waals surface area contributed by atoms with E-state index in [-0.39, 0.29) is 0 Å². The minimum absolute atomic E-state index is 0.457. The van der Waals surface area contributed by atoms with Gasteiger partial charge in [-0.2, -0.15) is 0 Å². The van der Waals surface area contributed by atoms with Gasteiger partial charge < -0.3 is 5.11 Å². The molecule has 5 heteroatoms. The predicted octanol–water partition coefficient (Wildman–Crippen LogP) is 1.92. The number of carboxylic acid groups (broad SMARTS) is 1. The molecule has 0 bridgehead atoms. The van der Waals surface area contributed by atoms with E-state index < -0.39 is 11.2 Å². The van der Waals surface area contributed by atoms with Crippen molar-refractivity contribution in [1.29, 1.82) is 0 Å². The Morgan fingerprint density at radius 3 is 2.94 bits per heavy atom. The molecule has 1 aliphatic rings. The summed E-state index contributed by atoms with van der Waals surface area (Å²) in [5.41, 5.74) is 2.26. The maximum Gasteiger partial charge on any atom is 0.316 e. The Balaban J connectivity index is 2.24. The van der Waals surface area contributed by atoms with Crippen LogP contribution in [0.3, 0.4) is 0 Å². The fourth-order valence-corrected chi connectivity index (χ4v) is 2.72. The smallest absolute Gasteiger partial charge is 0.316 e. The number of nitrogens with zero attached hydrogens (tertiary/aromatic N) is 2. The molecule has 0 saturated carbocycles. The highest BCUT2D eigenvalue weighted by Gasteiger charge is 2.20. The van der Waals surface area contributed by atoms with Crippen LogP contribution < -0.4 is 0 Å². The first kappa shape index (κ1) is 11.4. The molecule has 0 amide bonds. The maximum atomic E-state index is 10.8. The fraction of sp³-hybridized carbons (Fsp3) is 0.545. The number of aromatic nitrogens is 2. The minimum Gasteiger partial charge on any atom is -0.480 e. The van der Waals surface area contributed by atoms with E-state index in [2.05, 4.69) is 9.97 Å². The Hall–Kier alpha value is -1.10. The van der Waals surface area contributed by atoms with Crippen LogP contribution in [0.1, 0.15) is 31.0 Å². The number of aliphatic carboxylic acids is 1. The SMILES string of the molecule is CC(Sc1ncnc2c1CCCC2)C(=O)O. The molecular weight excluding hydrogens is 224 g/mol. The van der Waals surface area contributed by atoms with Crippen LogP contribution in [-0.2, 0) is 17.6 Å². The Morgan fingerprint density at radius 2 is 2.19 bits per heavy atom. The van der Waals surface area contributed by atoms with Gasteiger partial charge in [0.05, 0.1) is 0 Å². The van der Waals surface area contributed by atoms with Gasteiger partial charge in [0, 0.05) is 11.3 Å². The molecular formula is C11H14N2O2S. The van der Waals surface area contributed by atoms with E-state index in [1.165, 1.54) is 18.2 Å². The maximum absolute atomic E-state index is 10.8. The third-order valence-corrected chi connectivity index (χ3v) is 3.85. The summed E-state index contributed by atoms with van der Waals surface area (Å²) < 4.78 is 0. The lowest BCUT2D eigenvalue weighted by atomic mass is 9.98. The van der Waals surface area contributed by atoms with E-state index in [1.807, 2.05) is 0 Å². The van der Waals surface area contributed by atoms with Crippen LogP contribution in [-0.4, -0.2) is 26.3 Å². The second-order valence-electron chi connectivity index (χ2n) is 3.91. The fourth-order valence-electron chi connectivity index (χ4n) is 1.81. The molecule has 1 heterocycles. The summed E-state index contributed by atoms with van der Waals surface area (Å²) in [6.07, 6.45) is 5.83. The lowest BCUT2D eigenvalue weighted by Crippen LogP contribution is -2.14. The summed E-state index contributed by atoms with van der Waals surface area (Å²) in [7, 11) is 0. The lowest BCUT2D eigenvalue weighted by molar-refractivity contribution is -0.136. The Kier molecular flexibility index (Phi) is 3.43. The molecule has 0 spiro atoms. The molecule has 0 saturated heterocycles. The number of thioether (sulfide) groups is 1. The van der Waals surface area contributed by atoms with Gasteiger partial charge in [-0.25, -0.2) is 9.97 Å². The van der Waals surface area contributed by atoms with E-state index in [0.717, 1.165) is 35.5 Å². The van der Waals surface area contributed by atoms with E-state index in [4.69, 9.17) is 5.11 Å². The highest BCUT2D eigenvalue weighted by atomic mass is 32.2. The highest BCUT2D eigenvalue weighted by Crippen LogP contribution is 2.30. The van der Waals surface area contributed by atoms with E-state index in [1.54, 1.807) is 13.3 Å². The number of rotatable bonds is 3. The van der Waals surface area contributed by atoms with Gasteiger partial charge in [-0.3, -0.25) is 4.79 Å². The average Bonchev–Trinajstić information content (AvgIpc) is 2.29. The molecule has 0 aromatic carbocycles. The van der Waals surface area contributed by atoms with Crippen molar-refractivity contribution in [2.24, 2.45) is 0 Å². The molecule has 1 atom stereocenters. The van der Waals surface area contributed by atoms with Crippen molar-refractivity contribution >= 4 is 17.7 Å². The summed E-state index contributed by atoms with van der Waals surface area (Å²) in [5, 5.41) is 9.27. The van der Waals surface area contributed by atoms with Crippen molar-refractivity contribution in [2.75, 3.05) is 0 Å². The zero-order valence-electron chi connectivity index (χ0n) is 9.14. The molecule has 1 aromatic heterocycles. The van der Waals surface area contributed by atoms with Crippen molar-refractivity contribution in [1.82, 2.24) is 9.97 Å². The summed E-state index contributed by atoms with van der Waals surface area (Å²) in [6.45, 7) is 1.68. The lowest BCUT2D eigenvalue weighted by Gasteiger charge is -2.17. The number of fused-ring (bicyclic) bond motifs is 1. The van der Waals surface area contributed by atoms with Crippen LogP contribution in [0.2, 0.25) is 0 Å². The molecule has 0 aliphatic heterocycles. The van der Waals surface area contributed by atoms with Crippen LogP contribution in [0.4, 0.5) is 0 Å². The van der Waals surface area contributed by atoms with Crippen LogP contribution >= 0.6 is 11.8 Å². The van der Waals surface area contributed by atoms with E-state index in [0.29, 0.717) is 0 Å². The number of aryl methyl sites for hydroxylation is 1. The third-order valence-electron chi connectivity index (χ3n) is 2.72. The Morgan fingerprint density at radius 1 is 1.44 bits per heavy atom. The first-order valence-electron chi connectivity index (χ1n) is 5.40. The molecule has 1 unspecified atom stereocenters. The summed E-state index contributed by atoms with van der Waals surface area (Å²) in [6, 6.07) is 0. The van der Waals surface area contributed by atoms with Gasteiger partial charge in [0.1, 0.15) is 16.6 Å². The van der Waals surface area contributed by atoms with Crippen LogP contribution in [0.25, 0.3) is 0 Å². The van der Waals surface area contributed by atoms with Crippen LogP contribution in [0.15, 0.2) is 11.4 Å². The topological polar surface area (TPSA) is 63.1 Å². The number of hydrogen-bond donors (Lipinski definition) is 1. The van der Waals surface area contributed by atoms with E-state index >= 15 is 0 Å².